The van der Waals surface area contributed by atoms with Crippen molar-refractivity contribution >= 4 is 31.6 Å². The van der Waals surface area contributed by atoms with Crippen LogP contribution in [0.1, 0.15) is 12.5 Å². The van der Waals surface area contributed by atoms with E-state index in [1.807, 2.05) is 0 Å². The molecule has 18 heavy (non-hydrogen) atoms. The van der Waals surface area contributed by atoms with E-state index >= 15 is 0 Å². The van der Waals surface area contributed by atoms with Crippen LogP contribution in [0, 0.1) is 11.6 Å². The summed E-state index contributed by atoms with van der Waals surface area (Å²) in [5, 5.41) is -1.28. The van der Waals surface area contributed by atoms with Crippen LogP contribution in [0.15, 0.2) is 16.6 Å². The van der Waals surface area contributed by atoms with Crippen molar-refractivity contribution in [2.24, 2.45) is 0 Å². The topological polar surface area (TPSA) is 51.2 Å². The second-order valence-corrected chi connectivity index (χ2v) is 7.16. The molecule has 0 bridgehead atoms. The van der Waals surface area contributed by atoms with Crippen LogP contribution in [0.4, 0.5) is 8.78 Å². The first-order valence-electron chi connectivity index (χ1n) is 4.98. The Labute approximate surface area is 112 Å². The fraction of sp³-hybridized carbons (Fsp3) is 0.364. The molecule has 100 valence electrons. The predicted molar refractivity (Wildman–Crippen MR) is 67.1 cm³/mol. The van der Waals surface area contributed by atoms with Crippen LogP contribution >= 0.6 is 15.9 Å². The van der Waals surface area contributed by atoms with Gasteiger partial charge in [-0.25, -0.2) is 17.2 Å². The van der Waals surface area contributed by atoms with Crippen LogP contribution < -0.4 is 0 Å². The van der Waals surface area contributed by atoms with Crippen molar-refractivity contribution < 1.29 is 22.0 Å². The van der Waals surface area contributed by atoms with Crippen LogP contribution in [0.25, 0.3) is 0 Å². The fourth-order valence-electron chi connectivity index (χ4n) is 1.29. The summed E-state index contributed by atoms with van der Waals surface area (Å²) in [6, 6.07) is 2.19. The monoisotopic (exact) mass is 340 g/mol. The number of carbonyl (C=O) groups is 1. The first kappa shape index (κ1) is 15.2. The van der Waals surface area contributed by atoms with Crippen LogP contribution in [-0.4, -0.2) is 25.7 Å². The molecular weight excluding hydrogens is 330 g/mol. The fourth-order valence-corrected chi connectivity index (χ4v) is 2.22. The zero-order chi connectivity index (χ0) is 14.1. The number of benzene rings is 1. The third-order valence-electron chi connectivity index (χ3n) is 2.59. The first-order chi connectivity index (χ1) is 8.14. The number of Topliss-reactive ketones (excluding diaryl/α,β-unsaturated/α-hetero) is 1. The number of sulfone groups is 1. The smallest absolute Gasteiger partial charge is 0.157 e. The number of rotatable bonds is 4. The third-order valence-corrected chi connectivity index (χ3v) is 4.75. The number of carbonyl (C=O) groups excluding carboxylic acids is 1. The molecule has 1 aromatic carbocycles. The molecule has 1 atom stereocenters. The van der Waals surface area contributed by atoms with Gasteiger partial charge < -0.3 is 0 Å². The van der Waals surface area contributed by atoms with Crippen molar-refractivity contribution in [2.45, 2.75) is 18.6 Å². The van der Waals surface area contributed by atoms with Crippen molar-refractivity contribution in [3.8, 4) is 0 Å². The highest BCUT2D eigenvalue weighted by atomic mass is 79.9. The molecule has 7 heteroatoms. The molecule has 0 N–H and O–H groups in total. The standard InChI is InChI=1S/C11H11BrF2O3S/c1-6(18(2,16)17)10(15)5-7-9(13)4-3-8(12)11(7)14/h3-4,6H,5H2,1-2H3. The summed E-state index contributed by atoms with van der Waals surface area (Å²) in [4.78, 5) is 11.6. The van der Waals surface area contributed by atoms with Gasteiger partial charge in [-0.05, 0) is 35.0 Å². The van der Waals surface area contributed by atoms with Crippen LogP contribution in [0.2, 0.25) is 0 Å². The molecule has 1 unspecified atom stereocenters. The molecule has 0 aliphatic heterocycles. The van der Waals surface area contributed by atoms with Crippen molar-refractivity contribution in [1.82, 2.24) is 0 Å². The highest BCUT2D eigenvalue weighted by Gasteiger charge is 2.26. The summed E-state index contributed by atoms with van der Waals surface area (Å²) in [7, 11) is -3.56. The van der Waals surface area contributed by atoms with E-state index in [0.29, 0.717) is 0 Å². The molecule has 0 aliphatic rings. The van der Waals surface area contributed by atoms with Gasteiger partial charge in [0.25, 0.3) is 0 Å². The lowest BCUT2D eigenvalue weighted by Gasteiger charge is -2.10. The normalized spacial score (nSPS) is 13.4. The van der Waals surface area contributed by atoms with Gasteiger partial charge in [0, 0.05) is 18.2 Å². The van der Waals surface area contributed by atoms with Crippen molar-refractivity contribution in [3.63, 3.8) is 0 Å². The highest BCUT2D eigenvalue weighted by molar-refractivity contribution is 9.10. The van der Waals surface area contributed by atoms with Crippen LogP contribution in [-0.2, 0) is 21.1 Å². The summed E-state index contributed by atoms with van der Waals surface area (Å²) in [5.74, 6) is -2.50. The van der Waals surface area contributed by atoms with Gasteiger partial charge in [0.1, 0.15) is 16.9 Å². The molecule has 0 aliphatic carbocycles. The zero-order valence-corrected chi connectivity index (χ0v) is 12.1. The lowest BCUT2D eigenvalue weighted by atomic mass is 10.1. The Hall–Kier alpha value is -0.820. The molecule has 0 heterocycles. The van der Waals surface area contributed by atoms with E-state index in [0.717, 1.165) is 12.3 Å². The minimum Gasteiger partial charge on any atom is -0.298 e. The van der Waals surface area contributed by atoms with Gasteiger partial charge in [0.2, 0.25) is 0 Å². The Bertz CT molecular complexity index is 584. The molecule has 0 radical (unpaired) electrons. The summed E-state index contributed by atoms with van der Waals surface area (Å²) in [5.41, 5.74) is -0.426. The molecule has 1 aromatic rings. The van der Waals surface area contributed by atoms with Gasteiger partial charge in [0.05, 0.1) is 4.47 Å². The zero-order valence-electron chi connectivity index (χ0n) is 9.71. The van der Waals surface area contributed by atoms with E-state index in [9.17, 15) is 22.0 Å². The van der Waals surface area contributed by atoms with Crippen molar-refractivity contribution in [1.29, 1.82) is 0 Å². The molecule has 3 nitrogen and oxygen atoms in total. The highest BCUT2D eigenvalue weighted by Crippen LogP contribution is 2.22. The summed E-state index contributed by atoms with van der Waals surface area (Å²) >= 11 is 2.88. The minimum atomic E-state index is -3.56. The Morgan fingerprint density at radius 2 is 1.94 bits per heavy atom. The Morgan fingerprint density at radius 1 is 1.39 bits per heavy atom. The SMILES string of the molecule is CC(C(=O)Cc1c(F)ccc(Br)c1F)S(C)(=O)=O. The van der Waals surface area contributed by atoms with E-state index in [-0.39, 0.29) is 4.47 Å². The quantitative estimate of drug-likeness (QED) is 0.790. The van der Waals surface area contributed by atoms with Crippen molar-refractivity contribution in [3.05, 3.63) is 33.8 Å². The molecule has 0 saturated heterocycles. The largest absolute Gasteiger partial charge is 0.298 e. The minimum absolute atomic E-state index is 0.0266. The number of hydrogen-bond acceptors (Lipinski definition) is 3. The summed E-state index contributed by atoms with van der Waals surface area (Å²) in [6.45, 7) is 1.20. The lowest BCUT2D eigenvalue weighted by Crippen LogP contribution is -2.28. The van der Waals surface area contributed by atoms with Gasteiger partial charge >= 0.3 is 0 Å². The first-order valence-corrected chi connectivity index (χ1v) is 7.73. The van der Waals surface area contributed by atoms with Gasteiger partial charge in [-0.3, -0.25) is 4.79 Å². The molecule has 0 fully saturated rings. The third kappa shape index (κ3) is 3.35. The lowest BCUT2D eigenvalue weighted by molar-refractivity contribution is -0.117. The van der Waals surface area contributed by atoms with E-state index in [1.54, 1.807) is 0 Å². The van der Waals surface area contributed by atoms with Crippen LogP contribution in [0.3, 0.4) is 0 Å². The number of hydrogen-bond donors (Lipinski definition) is 0. The van der Waals surface area contributed by atoms with Gasteiger partial charge in [-0.1, -0.05) is 0 Å². The number of ketones is 1. The van der Waals surface area contributed by atoms with Gasteiger partial charge in [-0.2, -0.15) is 0 Å². The van der Waals surface area contributed by atoms with E-state index in [1.165, 1.54) is 13.0 Å². The maximum Gasteiger partial charge on any atom is 0.157 e. The number of halogens is 3. The van der Waals surface area contributed by atoms with Gasteiger partial charge in [0.15, 0.2) is 15.6 Å². The van der Waals surface area contributed by atoms with E-state index in [2.05, 4.69) is 15.9 Å². The Balaban J connectivity index is 3.07. The van der Waals surface area contributed by atoms with Gasteiger partial charge in [-0.15, -0.1) is 0 Å². The molecule has 0 aromatic heterocycles. The maximum absolute atomic E-state index is 13.6. The second kappa shape index (κ2) is 5.44. The van der Waals surface area contributed by atoms with E-state index < -0.39 is 44.5 Å². The molecule has 0 amide bonds. The maximum atomic E-state index is 13.6. The average molecular weight is 341 g/mol. The molecule has 1 rings (SSSR count). The molecule has 0 spiro atoms. The second-order valence-electron chi connectivity index (χ2n) is 3.94. The summed E-state index contributed by atoms with van der Waals surface area (Å²) < 4.78 is 49.4. The Kier molecular flexibility index (Phi) is 4.61. The van der Waals surface area contributed by atoms with Crippen LogP contribution in [0.5, 0.6) is 0 Å². The van der Waals surface area contributed by atoms with E-state index in [4.69, 9.17) is 0 Å². The molecular formula is C11H11BrF2O3S. The predicted octanol–water partition coefficient (Wildman–Crippen LogP) is 2.27. The van der Waals surface area contributed by atoms with Crippen molar-refractivity contribution in [2.75, 3.05) is 6.26 Å². The molecule has 0 saturated carbocycles. The average Bonchev–Trinajstić information content (AvgIpc) is 2.27. The summed E-state index contributed by atoms with van der Waals surface area (Å²) in [6.07, 6.45) is 0.314. The Morgan fingerprint density at radius 3 is 2.44 bits per heavy atom.